The van der Waals surface area contributed by atoms with Crippen LogP contribution in [0.25, 0.3) is 0 Å². The quantitative estimate of drug-likeness (QED) is 0.362. The number of rotatable bonds is 13. The summed E-state index contributed by atoms with van der Waals surface area (Å²) < 4.78 is 7.10. The molecule has 0 unspecified atom stereocenters. The lowest BCUT2D eigenvalue weighted by Gasteiger charge is -2.43. The molecule has 0 fully saturated rings. The Balaban J connectivity index is 2.18. The Bertz CT molecular complexity index is 778. The number of hydrogen-bond donors (Lipinski definition) is 2. The van der Waals surface area contributed by atoms with Crippen LogP contribution in [-0.2, 0) is 4.43 Å². The summed E-state index contributed by atoms with van der Waals surface area (Å²) in [4.78, 5) is 0. The molecule has 0 spiro atoms. The molecule has 4 heteroatoms. The van der Waals surface area contributed by atoms with E-state index in [1.807, 2.05) is 0 Å². The lowest BCUT2D eigenvalue weighted by molar-refractivity contribution is 0.0400. The lowest BCUT2D eigenvalue weighted by Crippen LogP contribution is -2.66. The second kappa shape index (κ2) is 13.0. The summed E-state index contributed by atoms with van der Waals surface area (Å²) >= 11 is 0. The van der Waals surface area contributed by atoms with Crippen LogP contribution in [0, 0.1) is 23.7 Å². The predicted molar refractivity (Wildman–Crippen MR) is 147 cm³/mol. The molecule has 2 aromatic carbocycles. The number of aliphatic hydroxyl groups is 2. The van der Waals surface area contributed by atoms with Crippen LogP contribution in [0.5, 0.6) is 0 Å². The van der Waals surface area contributed by atoms with Gasteiger partial charge in [0.1, 0.15) is 0 Å². The first-order chi connectivity index (χ1) is 16.0. The van der Waals surface area contributed by atoms with Gasteiger partial charge in [0.2, 0.25) is 0 Å². The van der Waals surface area contributed by atoms with Gasteiger partial charge in [-0.05, 0) is 58.3 Å². The van der Waals surface area contributed by atoms with Gasteiger partial charge in [-0.1, -0.05) is 109 Å². The Kier molecular flexibility index (Phi) is 11.0. The molecule has 0 saturated heterocycles. The van der Waals surface area contributed by atoms with E-state index in [2.05, 4.69) is 109 Å². The van der Waals surface area contributed by atoms with Gasteiger partial charge in [0.15, 0.2) is 0 Å². The molecule has 0 aromatic heterocycles. The van der Waals surface area contributed by atoms with Gasteiger partial charge in [-0.3, -0.25) is 0 Å². The van der Waals surface area contributed by atoms with Gasteiger partial charge >= 0.3 is 0 Å². The molecule has 2 rings (SSSR count). The Morgan fingerprint density at radius 3 is 1.62 bits per heavy atom. The van der Waals surface area contributed by atoms with Crippen molar-refractivity contribution in [3.63, 3.8) is 0 Å². The Morgan fingerprint density at radius 2 is 1.21 bits per heavy atom. The summed E-state index contributed by atoms with van der Waals surface area (Å²) in [5, 5.41) is 22.7. The zero-order chi connectivity index (χ0) is 25.4. The molecule has 0 aliphatic carbocycles. The minimum Gasteiger partial charge on any atom is -0.407 e. The highest BCUT2D eigenvalue weighted by atomic mass is 28.4. The van der Waals surface area contributed by atoms with Crippen LogP contribution >= 0.6 is 0 Å². The van der Waals surface area contributed by atoms with E-state index in [0.29, 0.717) is 18.4 Å². The number of aliphatic hydroxyl groups excluding tert-OH is 2. The highest BCUT2D eigenvalue weighted by Crippen LogP contribution is 2.37. The van der Waals surface area contributed by atoms with Crippen molar-refractivity contribution in [1.82, 2.24) is 0 Å². The molecule has 0 bridgehead atoms. The van der Waals surface area contributed by atoms with E-state index >= 15 is 0 Å². The van der Waals surface area contributed by atoms with Crippen LogP contribution in [0.2, 0.25) is 5.04 Å². The minimum absolute atomic E-state index is 0.0298. The van der Waals surface area contributed by atoms with Crippen molar-refractivity contribution >= 4 is 18.7 Å². The third-order valence-electron chi connectivity index (χ3n) is 7.34. The van der Waals surface area contributed by atoms with Crippen LogP contribution in [0.3, 0.4) is 0 Å². The average molecular weight is 485 g/mol. The molecule has 5 atom stereocenters. The molecule has 3 nitrogen and oxygen atoms in total. The molecular formula is C30H48O3Si. The molecule has 2 aromatic rings. The largest absolute Gasteiger partial charge is 0.407 e. The molecule has 0 aliphatic heterocycles. The van der Waals surface area contributed by atoms with E-state index in [9.17, 15) is 10.2 Å². The van der Waals surface area contributed by atoms with Crippen molar-refractivity contribution in [2.24, 2.45) is 23.7 Å². The maximum absolute atomic E-state index is 11.0. The molecule has 0 aliphatic rings. The highest BCUT2D eigenvalue weighted by Gasteiger charge is 2.50. The number of hydrogen-bond acceptors (Lipinski definition) is 3. The van der Waals surface area contributed by atoms with Gasteiger partial charge in [0.25, 0.3) is 8.32 Å². The molecule has 0 radical (unpaired) electrons. The fraction of sp³-hybridized carbons (Fsp3) is 0.600. The van der Waals surface area contributed by atoms with Crippen LogP contribution in [-0.4, -0.2) is 37.8 Å². The van der Waals surface area contributed by atoms with Crippen molar-refractivity contribution in [2.75, 3.05) is 13.2 Å². The summed E-state index contributed by atoms with van der Waals surface area (Å²) in [6.45, 7) is 16.5. The van der Waals surface area contributed by atoms with Gasteiger partial charge in [0, 0.05) is 13.2 Å². The van der Waals surface area contributed by atoms with Crippen molar-refractivity contribution in [2.45, 2.75) is 78.9 Å². The first-order valence-electron chi connectivity index (χ1n) is 13.1. The van der Waals surface area contributed by atoms with E-state index in [0.717, 1.165) is 19.3 Å². The normalized spacial score (nSPS) is 17.1. The van der Waals surface area contributed by atoms with Crippen molar-refractivity contribution < 1.29 is 14.6 Å². The monoisotopic (exact) mass is 484 g/mol. The maximum Gasteiger partial charge on any atom is 0.261 e. The van der Waals surface area contributed by atoms with E-state index in [-0.39, 0.29) is 29.6 Å². The fourth-order valence-electron chi connectivity index (χ4n) is 5.54. The Labute approximate surface area is 209 Å². The molecule has 190 valence electrons. The van der Waals surface area contributed by atoms with E-state index in [4.69, 9.17) is 4.43 Å². The fourth-order valence-corrected chi connectivity index (χ4v) is 10.2. The topological polar surface area (TPSA) is 49.7 Å². The summed E-state index contributed by atoms with van der Waals surface area (Å²) in [5.41, 5.74) is 0. The predicted octanol–water partition coefficient (Wildman–Crippen LogP) is 5.63. The SMILES string of the molecule is C[C@@H](CCO)C[C@@H](C)[C@H](O)[C@H](C)C[C@@H](C)CO[Si](c1ccccc1)(c1ccccc1)C(C)(C)C. The van der Waals surface area contributed by atoms with Gasteiger partial charge in [-0.2, -0.15) is 0 Å². The maximum atomic E-state index is 11.0. The third kappa shape index (κ3) is 7.27. The van der Waals surface area contributed by atoms with E-state index in [1.54, 1.807) is 0 Å². The summed E-state index contributed by atoms with van der Waals surface area (Å²) in [6.07, 6.45) is 2.34. The van der Waals surface area contributed by atoms with E-state index in [1.165, 1.54) is 10.4 Å². The Morgan fingerprint density at radius 1 is 0.765 bits per heavy atom. The molecule has 34 heavy (non-hydrogen) atoms. The molecule has 0 amide bonds. The smallest absolute Gasteiger partial charge is 0.261 e. The molecule has 0 saturated carbocycles. The van der Waals surface area contributed by atoms with Crippen molar-refractivity contribution in [3.05, 3.63) is 60.7 Å². The van der Waals surface area contributed by atoms with Crippen LogP contribution in [0.4, 0.5) is 0 Å². The van der Waals surface area contributed by atoms with Gasteiger partial charge < -0.3 is 14.6 Å². The highest BCUT2D eigenvalue weighted by molar-refractivity contribution is 6.99. The molecule has 0 heterocycles. The Hall–Kier alpha value is -1.46. The van der Waals surface area contributed by atoms with E-state index < -0.39 is 8.32 Å². The van der Waals surface area contributed by atoms with Crippen molar-refractivity contribution in [3.8, 4) is 0 Å². The standard InChI is InChI=1S/C30H48O3Si/c1-23(18-19-31)20-25(3)29(32)26(4)21-24(2)22-33-34(30(5,6)7,27-14-10-8-11-15-27)28-16-12-9-13-17-28/h8-17,23-26,29,31-32H,18-22H2,1-7H3/t23-,24+,25+,26+,29-/m0/s1. The van der Waals surface area contributed by atoms with Crippen LogP contribution in [0.15, 0.2) is 60.7 Å². The van der Waals surface area contributed by atoms with Gasteiger partial charge in [-0.15, -0.1) is 0 Å². The van der Waals surface area contributed by atoms with Gasteiger partial charge in [-0.25, -0.2) is 0 Å². The lowest BCUT2D eigenvalue weighted by atomic mass is 9.82. The summed E-state index contributed by atoms with van der Waals surface area (Å²) in [6, 6.07) is 21.6. The first-order valence-corrected chi connectivity index (χ1v) is 15.0. The zero-order valence-electron chi connectivity index (χ0n) is 22.5. The summed E-state index contributed by atoms with van der Waals surface area (Å²) in [7, 11) is -2.53. The minimum atomic E-state index is -2.53. The molecular weight excluding hydrogens is 436 g/mol. The average Bonchev–Trinajstić information content (AvgIpc) is 2.79. The second-order valence-corrected chi connectivity index (χ2v) is 15.9. The second-order valence-electron chi connectivity index (χ2n) is 11.6. The van der Waals surface area contributed by atoms with Crippen LogP contribution < -0.4 is 10.4 Å². The van der Waals surface area contributed by atoms with Crippen molar-refractivity contribution in [1.29, 1.82) is 0 Å². The van der Waals surface area contributed by atoms with Crippen LogP contribution in [0.1, 0.15) is 67.7 Å². The summed E-state index contributed by atoms with van der Waals surface area (Å²) in [5.74, 6) is 1.20. The van der Waals surface area contributed by atoms with Gasteiger partial charge in [0.05, 0.1) is 6.10 Å². The first kappa shape index (κ1) is 28.8. The zero-order valence-corrected chi connectivity index (χ0v) is 23.5. The number of benzene rings is 2. The third-order valence-corrected chi connectivity index (χ3v) is 12.3. The molecule has 2 N–H and O–H groups in total.